The van der Waals surface area contributed by atoms with E-state index in [-0.39, 0.29) is 12.4 Å². The van der Waals surface area contributed by atoms with E-state index in [1.54, 1.807) is 0 Å². The predicted molar refractivity (Wildman–Crippen MR) is 79.4 cm³/mol. The first-order valence-corrected chi connectivity index (χ1v) is 6.40. The second kappa shape index (κ2) is 5.21. The third-order valence-electron chi connectivity index (χ3n) is 3.70. The minimum Gasteiger partial charge on any atom is -0.399 e. The van der Waals surface area contributed by atoms with Gasteiger partial charge in [0.15, 0.2) is 0 Å². The Morgan fingerprint density at radius 1 is 1.44 bits per heavy atom. The number of aromatic nitrogens is 1. The van der Waals surface area contributed by atoms with E-state index in [0.717, 1.165) is 25.1 Å². The van der Waals surface area contributed by atoms with Crippen LogP contribution in [-0.2, 0) is 12.8 Å². The molecule has 1 heterocycles. The lowest BCUT2D eigenvalue weighted by Crippen LogP contribution is -2.34. The van der Waals surface area contributed by atoms with Crippen LogP contribution in [-0.4, -0.2) is 17.6 Å². The van der Waals surface area contributed by atoms with Crippen molar-refractivity contribution < 1.29 is 0 Å². The predicted octanol–water partition coefficient (Wildman–Crippen LogP) is 2.64. The molecule has 0 bridgehead atoms. The minimum absolute atomic E-state index is 0. The van der Waals surface area contributed by atoms with Gasteiger partial charge in [-0.15, -0.1) is 12.4 Å². The van der Waals surface area contributed by atoms with Gasteiger partial charge in [0.05, 0.1) is 0 Å². The van der Waals surface area contributed by atoms with Gasteiger partial charge in [0.25, 0.3) is 0 Å². The summed E-state index contributed by atoms with van der Waals surface area (Å²) < 4.78 is 0. The third-order valence-corrected chi connectivity index (χ3v) is 3.70. The molecule has 0 radical (unpaired) electrons. The smallest absolute Gasteiger partial charge is 0.0460 e. The molecule has 0 amide bonds. The molecule has 0 saturated heterocycles. The summed E-state index contributed by atoms with van der Waals surface area (Å²) >= 11 is 0. The van der Waals surface area contributed by atoms with E-state index in [9.17, 15) is 0 Å². The largest absolute Gasteiger partial charge is 0.399 e. The Morgan fingerprint density at radius 2 is 2.28 bits per heavy atom. The number of aromatic amines is 1. The standard InChI is InChI=1S/C14H19N3.ClH/c1-2-16-10-4-6-14-12(8-10)11-7-9(15)3-5-13(11)17-14;/h3,5,7,10,16-17H,2,4,6,8,15H2,1H3;1H. The number of nitrogens with two attached hydrogens (primary N) is 1. The number of aryl methyl sites for hydroxylation is 1. The van der Waals surface area contributed by atoms with Crippen LogP contribution in [0.2, 0.25) is 0 Å². The Hall–Kier alpha value is -1.19. The number of nitrogen functional groups attached to an aromatic ring is 1. The maximum Gasteiger partial charge on any atom is 0.0460 e. The van der Waals surface area contributed by atoms with Gasteiger partial charge in [-0.1, -0.05) is 6.92 Å². The van der Waals surface area contributed by atoms with Crippen molar-refractivity contribution in [1.29, 1.82) is 0 Å². The molecule has 1 unspecified atom stereocenters. The van der Waals surface area contributed by atoms with Gasteiger partial charge >= 0.3 is 0 Å². The SMILES string of the molecule is CCNC1CCc2[nH]c3ccc(N)cc3c2C1.Cl. The minimum atomic E-state index is 0. The van der Waals surface area contributed by atoms with Crippen molar-refractivity contribution in [2.75, 3.05) is 12.3 Å². The van der Waals surface area contributed by atoms with E-state index in [2.05, 4.69) is 29.4 Å². The van der Waals surface area contributed by atoms with Gasteiger partial charge in [0.2, 0.25) is 0 Å². The second-order valence-electron chi connectivity index (χ2n) is 4.88. The van der Waals surface area contributed by atoms with E-state index in [4.69, 9.17) is 5.73 Å². The average Bonchev–Trinajstić information content (AvgIpc) is 2.67. The average molecular weight is 266 g/mol. The number of benzene rings is 1. The van der Waals surface area contributed by atoms with Crippen LogP contribution in [0.25, 0.3) is 10.9 Å². The molecular formula is C14H20ClN3. The highest BCUT2D eigenvalue weighted by Gasteiger charge is 2.21. The molecule has 3 nitrogen and oxygen atoms in total. The molecule has 18 heavy (non-hydrogen) atoms. The molecule has 98 valence electrons. The fraction of sp³-hybridized carbons (Fsp3) is 0.429. The van der Waals surface area contributed by atoms with Crippen molar-refractivity contribution in [2.45, 2.75) is 32.2 Å². The summed E-state index contributed by atoms with van der Waals surface area (Å²) in [5.74, 6) is 0. The normalized spacial score (nSPS) is 18.4. The highest BCUT2D eigenvalue weighted by Crippen LogP contribution is 2.30. The number of fused-ring (bicyclic) bond motifs is 3. The molecule has 3 rings (SSSR count). The number of nitrogens with one attached hydrogen (secondary N) is 2. The van der Waals surface area contributed by atoms with E-state index in [1.165, 1.54) is 28.6 Å². The molecule has 0 aliphatic heterocycles. The molecule has 4 heteroatoms. The Morgan fingerprint density at radius 3 is 3.06 bits per heavy atom. The fourth-order valence-electron chi connectivity index (χ4n) is 2.90. The van der Waals surface area contributed by atoms with Gasteiger partial charge in [0, 0.05) is 28.3 Å². The van der Waals surface area contributed by atoms with Crippen LogP contribution >= 0.6 is 12.4 Å². The topological polar surface area (TPSA) is 53.8 Å². The van der Waals surface area contributed by atoms with Crippen molar-refractivity contribution >= 4 is 29.0 Å². The van der Waals surface area contributed by atoms with Crippen LogP contribution in [0.4, 0.5) is 5.69 Å². The first kappa shape index (κ1) is 13.2. The molecule has 0 spiro atoms. The van der Waals surface area contributed by atoms with Gasteiger partial charge < -0.3 is 16.0 Å². The fourth-order valence-corrected chi connectivity index (χ4v) is 2.90. The number of likely N-dealkylation sites (N-methyl/N-ethyl adjacent to an activating group) is 1. The van der Waals surface area contributed by atoms with Crippen LogP contribution in [0, 0.1) is 0 Å². The molecule has 0 fully saturated rings. The van der Waals surface area contributed by atoms with Crippen LogP contribution in [0.15, 0.2) is 18.2 Å². The van der Waals surface area contributed by atoms with Crippen LogP contribution < -0.4 is 11.1 Å². The Kier molecular flexibility index (Phi) is 3.83. The summed E-state index contributed by atoms with van der Waals surface area (Å²) in [6.45, 7) is 3.22. The number of halogens is 1. The first-order chi connectivity index (χ1) is 8.28. The molecule has 1 aromatic heterocycles. The van der Waals surface area contributed by atoms with Gasteiger partial charge in [-0.25, -0.2) is 0 Å². The Balaban J connectivity index is 0.00000120. The number of anilines is 1. The molecule has 1 aliphatic rings. The van der Waals surface area contributed by atoms with E-state index in [1.807, 2.05) is 6.07 Å². The van der Waals surface area contributed by atoms with E-state index >= 15 is 0 Å². The third kappa shape index (κ3) is 2.20. The van der Waals surface area contributed by atoms with Crippen molar-refractivity contribution in [3.05, 3.63) is 29.5 Å². The van der Waals surface area contributed by atoms with Crippen molar-refractivity contribution in [2.24, 2.45) is 0 Å². The Bertz CT molecular complexity index is 547. The van der Waals surface area contributed by atoms with E-state index in [0.29, 0.717) is 6.04 Å². The van der Waals surface area contributed by atoms with Gasteiger partial charge in [-0.05, 0) is 49.6 Å². The van der Waals surface area contributed by atoms with Gasteiger partial charge in [0.1, 0.15) is 0 Å². The summed E-state index contributed by atoms with van der Waals surface area (Å²) in [7, 11) is 0. The summed E-state index contributed by atoms with van der Waals surface area (Å²) in [6, 6.07) is 6.77. The summed E-state index contributed by atoms with van der Waals surface area (Å²) in [4.78, 5) is 3.52. The number of H-pyrrole nitrogens is 1. The molecule has 2 aromatic rings. The van der Waals surface area contributed by atoms with E-state index < -0.39 is 0 Å². The molecule has 1 aromatic carbocycles. The zero-order valence-electron chi connectivity index (χ0n) is 10.6. The zero-order valence-corrected chi connectivity index (χ0v) is 11.4. The first-order valence-electron chi connectivity index (χ1n) is 6.40. The highest BCUT2D eigenvalue weighted by atomic mass is 35.5. The number of rotatable bonds is 2. The zero-order chi connectivity index (χ0) is 11.8. The molecule has 1 aliphatic carbocycles. The number of hydrogen-bond acceptors (Lipinski definition) is 2. The molecule has 4 N–H and O–H groups in total. The maximum atomic E-state index is 5.88. The second-order valence-corrected chi connectivity index (χ2v) is 4.88. The molecular weight excluding hydrogens is 246 g/mol. The van der Waals surface area contributed by atoms with Crippen molar-refractivity contribution in [1.82, 2.24) is 10.3 Å². The lowest BCUT2D eigenvalue weighted by Gasteiger charge is -2.23. The molecule has 1 atom stereocenters. The summed E-state index contributed by atoms with van der Waals surface area (Å²) in [6.07, 6.45) is 3.48. The quantitative estimate of drug-likeness (QED) is 0.731. The van der Waals surface area contributed by atoms with Crippen LogP contribution in [0.5, 0.6) is 0 Å². The van der Waals surface area contributed by atoms with Crippen molar-refractivity contribution in [3.63, 3.8) is 0 Å². The Labute approximate surface area is 114 Å². The molecule has 0 saturated carbocycles. The van der Waals surface area contributed by atoms with Crippen molar-refractivity contribution in [3.8, 4) is 0 Å². The maximum absolute atomic E-state index is 5.88. The van der Waals surface area contributed by atoms with Crippen LogP contribution in [0.3, 0.4) is 0 Å². The summed E-state index contributed by atoms with van der Waals surface area (Å²) in [5.41, 5.74) is 10.8. The van der Waals surface area contributed by atoms with Gasteiger partial charge in [-0.3, -0.25) is 0 Å². The lowest BCUT2D eigenvalue weighted by atomic mass is 9.91. The lowest BCUT2D eigenvalue weighted by molar-refractivity contribution is 0.470. The van der Waals surface area contributed by atoms with Gasteiger partial charge in [-0.2, -0.15) is 0 Å². The summed E-state index contributed by atoms with van der Waals surface area (Å²) in [5, 5.41) is 4.86. The number of hydrogen-bond donors (Lipinski definition) is 3. The highest BCUT2D eigenvalue weighted by molar-refractivity contribution is 5.87. The van der Waals surface area contributed by atoms with Crippen LogP contribution in [0.1, 0.15) is 24.6 Å². The monoisotopic (exact) mass is 265 g/mol.